The first-order valence-electron chi connectivity index (χ1n) is 10.7. The van der Waals surface area contributed by atoms with Gasteiger partial charge in [-0.15, -0.1) is 0 Å². The number of pyridine rings is 1. The van der Waals surface area contributed by atoms with Gasteiger partial charge in [0.25, 0.3) is 5.91 Å². The Labute approximate surface area is 188 Å². The Morgan fingerprint density at radius 3 is 2.53 bits per heavy atom. The Bertz CT molecular complexity index is 1300. The third-order valence-corrected chi connectivity index (χ3v) is 6.05. The van der Waals surface area contributed by atoms with Gasteiger partial charge in [0.05, 0.1) is 34.1 Å². The molecule has 1 aliphatic rings. The molecule has 9 heteroatoms. The topological polar surface area (TPSA) is 106 Å². The minimum absolute atomic E-state index is 0.187. The van der Waals surface area contributed by atoms with E-state index in [0.717, 1.165) is 41.5 Å². The Hall–Kier alpha value is -2.94. The van der Waals surface area contributed by atoms with Gasteiger partial charge < -0.3 is 5.32 Å². The number of amides is 1. The lowest BCUT2D eigenvalue weighted by Gasteiger charge is -2.20. The second-order valence-electron chi connectivity index (χ2n) is 9.45. The van der Waals surface area contributed by atoms with E-state index in [1.165, 1.54) is 0 Å². The zero-order valence-electron chi connectivity index (χ0n) is 19.1. The van der Waals surface area contributed by atoms with E-state index in [-0.39, 0.29) is 18.0 Å². The molecule has 1 aliphatic carbocycles. The van der Waals surface area contributed by atoms with Crippen LogP contribution in [-0.4, -0.2) is 35.3 Å². The highest BCUT2D eigenvalue weighted by Gasteiger charge is 2.30. The second kappa shape index (κ2) is 7.88. The number of aromatic nitrogens is 3. The number of nitrogens with zero attached hydrogens (tertiary/aromatic N) is 3. The van der Waals surface area contributed by atoms with Crippen molar-refractivity contribution < 1.29 is 13.2 Å². The smallest absolute Gasteiger partial charge is 0.252 e. The highest BCUT2D eigenvalue weighted by molar-refractivity contribution is 7.92. The SMILES string of the molecule is Cc1nn(C(C)(C)C)c2nc(C3CC3)cc(C(=O)NCc3ccccc3NS(C)(=O)=O)c12. The predicted octanol–water partition coefficient (Wildman–Crippen LogP) is 3.67. The molecule has 2 heterocycles. The van der Waals surface area contributed by atoms with Crippen molar-refractivity contribution in [3.63, 3.8) is 0 Å². The molecule has 3 aromatic rings. The van der Waals surface area contributed by atoms with E-state index in [9.17, 15) is 13.2 Å². The number of fused-ring (bicyclic) bond motifs is 1. The van der Waals surface area contributed by atoms with Crippen LogP contribution in [0.25, 0.3) is 11.0 Å². The zero-order chi connectivity index (χ0) is 23.3. The molecule has 0 bridgehead atoms. The normalized spacial score (nSPS) is 14.5. The van der Waals surface area contributed by atoms with Crippen LogP contribution in [0.4, 0.5) is 5.69 Å². The molecule has 0 aliphatic heterocycles. The van der Waals surface area contributed by atoms with Crippen molar-refractivity contribution in [2.45, 2.75) is 58.5 Å². The number of aryl methyl sites for hydroxylation is 1. The highest BCUT2D eigenvalue weighted by Crippen LogP contribution is 2.41. The molecule has 1 aromatic carbocycles. The van der Waals surface area contributed by atoms with Gasteiger partial charge in [-0.1, -0.05) is 18.2 Å². The van der Waals surface area contributed by atoms with Crippen molar-refractivity contribution in [2.75, 3.05) is 11.0 Å². The molecular formula is C23H29N5O3S. The Balaban J connectivity index is 1.70. The first kappa shape index (κ1) is 22.3. The monoisotopic (exact) mass is 455 g/mol. The maximum atomic E-state index is 13.3. The summed E-state index contributed by atoms with van der Waals surface area (Å²) in [4.78, 5) is 18.2. The van der Waals surface area contributed by atoms with E-state index < -0.39 is 10.0 Å². The van der Waals surface area contributed by atoms with Crippen LogP contribution in [0.3, 0.4) is 0 Å². The average molecular weight is 456 g/mol. The summed E-state index contributed by atoms with van der Waals surface area (Å²) in [5.41, 5.74) is 3.82. The second-order valence-corrected chi connectivity index (χ2v) is 11.2. The number of para-hydroxylation sites is 1. The van der Waals surface area contributed by atoms with Gasteiger partial charge in [0.15, 0.2) is 5.65 Å². The molecule has 1 saturated carbocycles. The van der Waals surface area contributed by atoms with Crippen LogP contribution in [-0.2, 0) is 22.1 Å². The lowest BCUT2D eigenvalue weighted by atomic mass is 10.1. The molecule has 0 atom stereocenters. The summed E-state index contributed by atoms with van der Waals surface area (Å²) in [7, 11) is -3.43. The molecule has 0 radical (unpaired) electrons. The fourth-order valence-electron chi connectivity index (χ4n) is 3.79. The number of carbonyl (C=O) groups is 1. The van der Waals surface area contributed by atoms with Gasteiger partial charge in [-0.05, 0) is 58.2 Å². The maximum absolute atomic E-state index is 13.3. The number of nitrogens with one attached hydrogen (secondary N) is 2. The summed E-state index contributed by atoms with van der Waals surface area (Å²) in [5, 5.41) is 8.41. The molecule has 2 aromatic heterocycles. The van der Waals surface area contributed by atoms with Crippen LogP contribution >= 0.6 is 0 Å². The molecule has 32 heavy (non-hydrogen) atoms. The number of anilines is 1. The summed E-state index contributed by atoms with van der Waals surface area (Å²) in [6.45, 7) is 8.28. The summed E-state index contributed by atoms with van der Waals surface area (Å²) >= 11 is 0. The number of hydrogen-bond acceptors (Lipinski definition) is 5. The molecular weight excluding hydrogens is 426 g/mol. The minimum atomic E-state index is -3.43. The molecule has 1 amide bonds. The molecule has 2 N–H and O–H groups in total. The number of hydrogen-bond donors (Lipinski definition) is 2. The standard InChI is InChI=1S/C23H29N5O3S/c1-14-20-17(12-19(15-10-11-15)25-21(20)28(26-14)23(2,3)4)22(29)24-13-16-8-6-7-9-18(16)27-32(5,30)31/h6-9,12,15,27H,10-11,13H2,1-5H3,(H,24,29). The van der Waals surface area contributed by atoms with Crippen LogP contribution in [0.1, 0.15) is 66.8 Å². The van der Waals surface area contributed by atoms with Gasteiger partial charge in [-0.3, -0.25) is 9.52 Å². The van der Waals surface area contributed by atoms with Gasteiger partial charge in [-0.25, -0.2) is 18.1 Å². The van der Waals surface area contributed by atoms with Crippen molar-refractivity contribution in [3.05, 3.63) is 52.8 Å². The van der Waals surface area contributed by atoms with Crippen LogP contribution in [0.2, 0.25) is 0 Å². The molecule has 0 spiro atoms. The molecule has 4 rings (SSSR count). The summed E-state index contributed by atoms with van der Waals surface area (Å²) < 4.78 is 27.7. The Kier molecular flexibility index (Phi) is 5.48. The first-order valence-corrected chi connectivity index (χ1v) is 12.6. The van der Waals surface area contributed by atoms with Crippen molar-refractivity contribution >= 4 is 32.7 Å². The van der Waals surface area contributed by atoms with E-state index >= 15 is 0 Å². The third-order valence-electron chi connectivity index (χ3n) is 5.46. The van der Waals surface area contributed by atoms with Crippen molar-refractivity contribution in [1.29, 1.82) is 0 Å². The van der Waals surface area contributed by atoms with Crippen molar-refractivity contribution in [1.82, 2.24) is 20.1 Å². The van der Waals surface area contributed by atoms with Crippen LogP contribution in [0.5, 0.6) is 0 Å². The molecule has 1 fully saturated rings. The van der Waals surface area contributed by atoms with Crippen LogP contribution in [0.15, 0.2) is 30.3 Å². The minimum Gasteiger partial charge on any atom is -0.348 e. The van der Waals surface area contributed by atoms with E-state index in [1.807, 2.05) is 23.7 Å². The first-order chi connectivity index (χ1) is 14.9. The molecule has 0 saturated heterocycles. The predicted molar refractivity (Wildman–Crippen MR) is 125 cm³/mol. The number of carbonyl (C=O) groups excluding carboxylic acids is 1. The largest absolute Gasteiger partial charge is 0.348 e. The summed E-state index contributed by atoms with van der Waals surface area (Å²) in [6, 6.07) is 8.90. The fraction of sp³-hybridized carbons (Fsp3) is 0.435. The van der Waals surface area contributed by atoms with Gasteiger partial charge in [0, 0.05) is 18.2 Å². The quantitative estimate of drug-likeness (QED) is 0.590. The summed E-state index contributed by atoms with van der Waals surface area (Å²) in [6.07, 6.45) is 3.25. The average Bonchev–Trinajstić information content (AvgIpc) is 3.48. The molecule has 8 nitrogen and oxygen atoms in total. The van der Waals surface area contributed by atoms with Gasteiger partial charge in [0.1, 0.15) is 0 Å². The highest BCUT2D eigenvalue weighted by atomic mass is 32.2. The third kappa shape index (κ3) is 4.62. The van der Waals surface area contributed by atoms with E-state index in [0.29, 0.717) is 22.7 Å². The summed E-state index contributed by atoms with van der Waals surface area (Å²) in [5.74, 6) is 0.152. The van der Waals surface area contributed by atoms with E-state index in [4.69, 9.17) is 10.1 Å². The Morgan fingerprint density at radius 2 is 1.91 bits per heavy atom. The number of rotatable bonds is 6. The van der Waals surface area contributed by atoms with E-state index in [1.54, 1.807) is 18.2 Å². The number of sulfonamides is 1. The molecule has 0 unspecified atom stereocenters. The lowest BCUT2D eigenvalue weighted by Crippen LogP contribution is -2.25. The van der Waals surface area contributed by atoms with Crippen molar-refractivity contribution in [3.8, 4) is 0 Å². The van der Waals surface area contributed by atoms with Gasteiger partial charge in [0.2, 0.25) is 10.0 Å². The van der Waals surface area contributed by atoms with E-state index in [2.05, 4.69) is 30.8 Å². The zero-order valence-corrected chi connectivity index (χ0v) is 19.9. The van der Waals surface area contributed by atoms with Crippen LogP contribution in [0, 0.1) is 6.92 Å². The Morgan fingerprint density at radius 1 is 1.22 bits per heavy atom. The van der Waals surface area contributed by atoms with Crippen molar-refractivity contribution in [2.24, 2.45) is 0 Å². The molecule has 170 valence electrons. The van der Waals surface area contributed by atoms with Gasteiger partial charge in [-0.2, -0.15) is 5.10 Å². The van der Waals surface area contributed by atoms with Crippen LogP contribution < -0.4 is 10.0 Å². The lowest BCUT2D eigenvalue weighted by molar-refractivity contribution is 0.0952. The fourth-order valence-corrected chi connectivity index (χ4v) is 4.39. The number of benzene rings is 1. The maximum Gasteiger partial charge on any atom is 0.252 e. The van der Waals surface area contributed by atoms with Gasteiger partial charge >= 0.3 is 0 Å².